The molecule has 0 aliphatic rings. The Labute approximate surface area is 250 Å². The summed E-state index contributed by atoms with van der Waals surface area (Å²) in [7, 11) is 2.92. The van der Waals surface area contributed by atoms with E-state index in [1.165, 1.54) is 50.2 Å². The van der Waals surface area contributed by atoms with Crippen LogP contribution in [0.2, 0.25) is 0 Å². The third kappa shape index (κ3) is 11.7. The highest BCUT2D eigenvalue weighted by molar-refractivity contribution is 6.38. The molecule has 0 spiro atoms. The van der Waals surface area contributed by atoms with Crippen LogP contribution in [0, 0.1) is 11.8 Å². The van der Waals surface area contributed by atoms with Crippen molar-refractivity contribution in [2.24, 2.45) is 17.6 Å². The lowest BCUT2D eigenvalue weighted by Gasteiger charge is -2.27. The van der Waals surface area contributed by atoms with Gasteiger partial charge in [0.25, 0.3) is 11.8 Å². The number of amides is 5. The number of rotatable bonds is 15. The average molecular weight is 611 g/mol. The van der Waals surface area contributed by atoms with Crippen LogP contribution in [0.25, 0.3) is 0 Å². The molecule has 43 heavy (non-hydrogen) atoms. The first-order valence-electron chi connectivity index (χ1n) is 13.9. The predicted octanol–water partition coefficient (Wildman–Crippen LogP) is 0.576. The van der Waals surface area contributed by atoms with E-state index >= 15 is 0 Å². The molecule has 6 N–H and O–H groups in total. The SMILES string of the molecule is CC(NC(=O)[C@H](CC(=O)N(C)C)NC(=O)[C@@H](NC(=O)[C@@H](N)C(C)C)C(C)C)C(=O)C(=O)NCc1ccc(C(C)(F)F)cc1. The Bertz CT molecular complexity index is 1170. The number of alkyl halides is 2. The van der Waals surface area contributed by atoms with Gasteiger partial charge in [0.1, 0.15) is 12.1 Å². The molecule has 240 valence electrons. The van der Waals surface area contributed by atoms with Crippen molar-refractivity contribution in [2.45, 2.75) is 84.6 Å². The summed E-state index contributed by atoms with van der Waals surface area (Å²) < 4.78 is 26.8. The molecule has 0 bridgehead atoms. The van der Waals surface area contributed by atoms with E-state index in [0.717, 1.165) is 6.92 Å². The van der Waals surface area contributed by atoms with Crippen LogP contribution >= 0.6 is 0 Å². The number of nitrogens with one attached hydrogen (secondary N) is 4. The molecule has 0 fully saturated rings. The van der Waals surface area contributed by atoms with Crippen LogP contribution in [-0.2, 0) is 41.2 Å². The first-order chi connectivity index (χ1) is 19.8. The van der Waals surface area contributed by atoms with Crippen LogP contribution in [0.3, 0.4) is 0 Å². The van der Waals surface area contributed by atoms with Gasteiger partial charge < -0.3 is 31.9 Å². The topological polar surface area (TPSA) is 180 Å². The number of hydrogen-bond donors (Lipinski definition) is 5. The van der Waals surface area contributed by atoms with Crippen LogP contribution < -0.4 is 27.0 Å². The molecule has 0 saturated carbocycles. The van der Waals surface area contributed by atoms with Gasteiger partial charge in [0.05, 0.1) is 18.5 Å². The zero-order chi connectivity index (χ0) is 33.2. The molecule has 5 amide bonds. The van der Waals surface area contributed by atoms with Crippen LogP contribution in [0.4, 0.5) is 8.78 Å². The predicted molar refractivity (Wildman–Crippen MR) is 155 cm³/mol. The number of ketones is 1. The maximum atomic E-state index is 13.4. The molecule has 1 unspecified atom stereocenters. The molecule has 12 nitrogen and oxygen atoms in total. The minimum absolute atomic E-state index is 0.125. The summed E-state index contributed by atoms with van der Waals surface area (Å²) in [6, 6.07) is 0.474. The molecule has 1 rings (SSSR count). The van der Waals surface area contributed by atoms with Gasteiger partial charge in [0.2, 0.25) is 29.4 Å². The lowest BCUT2D eigenvalue weighted by atomic mass is 9.99. The summed E-state index contributed by atoms with van der Waals surface area (Å²) in [5, 5.41) is 9.78. The van der Waals surface area contributed by atoms with E-state index in [1.807, 2.05) is 0 Å². The first kappa shape index (κ1) is 37.1. The molecule has 0 aliphatic heterocycles. The zero-order valence-corrected chi connectivity index (χ0v) is 25.9. The quantitative estimate of drug-likeness (QED) is 0.180. The molecule has 0 saturated heterocycles. The summed E-state index contributed by atoms with van der Waals surface area (Å²) in [5.74, 6) is -8.38. The molecule has 1 aromatic carbocycles. The van der Waals surface area contributed by atoms with E-state index in [1.54, 1.807) is 27.7 Å². The minimum Gasteiger partial charge on any atom is -0.349 e. The summed E-state index contributed by atoms with van der Waals surface area (Å²) in [6.07, 6.45) is -0.464. The largest absolute Gasteiger partial charge is 0.349 e. The van der Waals surface area contributed by atoms with Gasteiger partial charge in [0.15, 0.2) is 0 Å². The zero-order valence-electron chi connectivity index (χ0n) is 25.9. The van der Waals surface area contributed by atoms with Gasteiger partial charge in [-0.1, -0.05) is 52.0 Å². The van der Waals surface area contributed by atoms with E-state index in [0.29, 0.717) is 5.56 Å². The number of hydrogen-bond acceptors (Lipinski definition) is 7. The number of Topliss-reactive ketones (excluding diaryl/α,β-unsaturated/α-hetero) is 1. The number of carbonyl (C=O) groups excluding carboxylic acids is 6. The number of carbonyl (C=O) groups is 6. The summed E-state index contributed by atoms with van der Waals surface area (Å²) >= 11 is 0. The second kappa shape index (κ2) is 16.1. The average Bonchev–Trinajstić information content (AvgIpc) is 2.92. The fourth-order valence-electron chi connectivity index (χ4n) is 3.68. The second-order valence-corrected chi connectivity index (χ2v) is 11.4. The number of nitrogens with zero attached hydrogens (tertiary/aromatic N) is 1. The van der Waals surface area contributed by atoms with E-state index < -0.39 is 77.7 Å². The molecule has 0 aliphatic carbocycles. The highest BCUT2D eigenvalue weighted by Gasteiger charge is 2.33. The summed E-state index contributed by atoms with van der Waals surface area (Å²) in [6.45, 7) is 8.75. The fourth-order valence-corrected chi connectivity index (χ4v) is 3.68. The third-order valence-corrected chi connectivity index (χ3v) is 6.67. The van der Waals surface area contributed by atoms with Gasteiger partial charge in [-0.2, -0.15) is 0 Å². The van der Waals surface area contributed by atoms with Crippen molar-refractivity contribution in [1.82, 2.24) is 26.2 Å². The highest BCUT2D eigenvalue weighted by atomic mass is 19.3. The van der Waals surface area contributed by atoms with Gasteiger partial charge in [0, 0.05) is 33.1 Å². The minimum atomic E-state index is -3.02. The Balaban J connectivity index is 2.95. The first-order valence-corrected chi connectivity index (χ1v) is 13.9. The maximum absolute atomic E-state index is 13.4. The van der Waals surface area contributed by atoms with Gasteiger partial charge in [-0.3, -0.25) is 28.8 Å². The van der Waals surface area contributed by atoms with E-state index in [9.17, 15) is 37.5 Å². The Morgan fingerprint density at radius 1 is 0.837 bits per heavy atom. The van der Waals surface area contributed by atoms with Gasteiger partial charge in [-0.05, 0) is 24.3 Å². The Morgan fingerprint density at radius 3 is 1.86 bits per heavy atom. The van der Waals surface area contributed by atoms with Crippen LogP contribution in [0.1, 0.15) is 59.1 Å². The van der Waals surface area contributed by atoms with Crippen molar-refractivity contribution in [1.29, 1.82) is 0 Å². The summed E-state index contributed by atoms with van der Waals surface area (Å²) in [5.41, 5.74) is 6.16. The Kier molecular flexibility index (Phi) is 13.8. The monoisotopic (exact) mass is 610 g/mol. The standard InChI is InChI=1S/C29H44F2N6O6/c1-15(2)22(32)26(41)36-23(16(3)4)27(42)35-20(13-21(38)37(7)8)25(40)34-17(5)24(39)28(43)33-14-18-9-11-19(12-10-18)29(6,30)31/h9-12,15-17,20,22-23H,13-14,32H2,1-8H3,(H,33,43)(H,34,40)(H,35,42)(H,36,41)/t17?,20-,22-,23-/m0/s1. The lowest BCUT2D eigenvalue weighted by molar-refractivity contribution is -0.141. The summed E-state index contributed by atoms with van der Waals surface area (Å²) in [4.78, 5) is 77.5. The molecule has 0 radical (unpaired) electrons. The molecular weight excluding hydrogens is 566 g/mol. The lowest BCUT2D eigenvalue weighted by Crippen LogP contribution is -2.59. The van der Waals surface area contributed by atoms with Crippen LogP contribution in [-0.4, -0.2) is 78.5 Å². The fraction of sp³-hybridized carbons (Fsp3) is 0.586. The molecular formula is C29H44F2N6O6. The molecule has 0 heterocycles. The van der Waals surface area contributed by atoms with Gasteiger partial charge >= 0.3 is 0 Å². The van der Waals surface area contributed by atoms with Gasteiger partial charge in [-0.15, -0.1) is 0 Å². The van der Waals surface area contributed by atoms with E-state index in [-0.39, 0.29) is 18.0 Å². The maximum Gasteiger partial charge on any atom is 0.289 e. The second-order valence-electron chi connectivity index (χ2n) is 11.4. The Morgan fingerprint density at radius 2 is 1.40 bits per heavy atom. The smallest absolute Gasteiger partial charge is 0.289 e. The highest BCUT2D eigenvalue weighted by Crippen LogP contribution is 2.26. The van der Waals surface area contributed by atoms with Crippen molar-refractivity contribution in [3.05, 3.63) is 35.4 Å². The van der Waals surface area contributed by atoms with Gasteiger partial charge in [-0.25, -0.2) is 8.78 Å². The van der Waals surface area contributed by atoms with E-state index in [2.05, 4.69) is 21.3 Å². The van der Waals surface area contributed by atoms with E-state index in [4.69, 9.17) is 5.73 Å². The third-order valence-electron chi connectivity index (χ3n) is 6.67. The molecule has 1 aromatic rings. The van der Waals surface area contributed by atoms with Crippen molar-refractivity contribution < 1.29 is 37.5 Å². The number of benzene rings is 1. The van der Waals surface area contributed by atoms with Crippen LogP contribution in [0.5, 0.6) is 0 Å². The normalized spacial score (nSPS) is 14.3. The van der Waals surface area contributed by atoms with Crippen molar-refractivity contribution in [3.63, 3.8) is 0 Å². The van der Waals surface area contributed by atoms with Crippen molar-refractivity contribution >= 4 is 35.3 Å². The van der Waals surface area contributed by atoms with Crippen LogP contribution in [0.15, 0.2) is 24.3 Å². The van der Waals surface area contributed by atoms with Crippen molar-refractivity contribution in [2.75, 3.05) is 14.1 Å². The molecule has 14 heteroatoms. The number of halogens is 2. The number of nitrogens with two attached hydrogens (primary N) is 1. The Hall–Kier alpha value is -3.94. The molecule has 0 aromatic heterocycles. The van der Waals surface area contributed by atoms with Crippen molar-refractivity contribution in [3.8, 4) is 0 Å². The molecule has 4 atom stereocenters.